The smallest absolute Gasteiger partial charge is 0.271 e. The SMILES string of the molecule is C/C(=N\NC(=O)c1ccc(OCc2ccc(Br)cc2)cc1)c1ccccc1. The molecule has 3 rings (SSSR count). The maximum atomic E-state index is 12.2. The van der Waals surface area contributed by atoms with E-state index in [1.807, 2.05) is 61.5 Å². The van der Waals surface area contributed by atoms with Crippen LogP contribution in [0.25, 0.3) is 0 Å². The van der Waals surface area contributed by atoms with Gasteiger partial charge < -0.3 is 4.74 Å². The standard InChI is InChI=1S/C22H19BrN2O2/c1-16(18-5-3-2-4-6-18)24-25-22(26)19-9-13-21(14-10-19)27-15-17-7-11-20(23)12-8-17/h2-14H,15H2,1H3,(H,25,26)/b24-16+. The highest BCUT2D eigenvalue weighted by Gasteiger charge is 2.06. The van der Waals surface area contributed by atoms with Crippen molar-refractivity contribution in [1.29, 1.82) is 0 Å². The van der Waals surface area contributed by atoms with Gasteiger partial charge in [-0.2, -0.15) is 5.10 Å². The van der Waals surface area contributed by atoms with Gasteiger partial charge in [-0.05, 0) is 54.4 Å². The second-order valence-electron chi connectivity index (χ2n) is 5.94. The molecule has 0 radical (unpaired) electrons. The van der Waals surface area contributed by atoms with Crippen LogP contribution >= 0.6 is 15.9 Å². The molecule has 3 aromatic rings. The van der Waals surface area contributed by atoms with Gasteiger partial charge in [0.15, 0.2) is 0 Å². The van der Waals surface area contributed by atoms with E-state index >= 15 is 0 Å². The van der Waals surface area contributed by atoms with E-state index in [0.29, 0.717) is 17.9 Å². The van der Waals surface area contributed by atoms with E-state index in [1.165, 1.54) is 0 Å². The highest BCUT2D eigenvalue weighted by Crippen LogP contribution is 2.16. The molecule has 0 saturated heterocycles. The summed E-state index contributed by atoms with van der Waals surface area (Å²) in [6.07, 6.45) is 0. The van der Waals surface area contributed by atoms with Gasteiger partial charge in [-0.3, -0.25) is 4.79 Å². The molecule has 0 aliphatic heterocycles. The Kier molecular flexibility index (Phi) is 6.39. The predicted molar refractivity (Wildman–Crippen MR) is 111 cm³/mol. The molecule has 0 bridgehead atoms. The number of nitrogens with one attached hydrogen (secondary N) is 1. The number of benzene rings is 3. The number of hydrogen-bond donors (Lipinski definition) is 1. The fourth-order valence-electron chi connectivity index (χ4n) is 2.39. The first-order valence-electron chi connectivity index (χ1n) is 8.49. The molecule has 5 heteroatoms. The number of rotatable bonds is 6. The maximum absolute atomic E-state index is 12.2. The number of ether oxygens (including phenoxy) is 1. The van der Waals surface area contributed by atoms with Crippen LogP contribution in [-0.2, 0) is 6.61 Å². The lowest BCUT2D eigenvalue weighted by atomic mass is 10.1. The van der Waals surface area contributed by atoms with E-state index in [2.05, 4.69) is 26.5 Å². The molecule has 0 spiro atoms. The van der Waals surface area contributed by atoms with Gasteiger partial charge >= 0.3 is 0 Å². The summed E-state index contributed by atoms with van der Waals surface area (Å²) in [5.41, 5.74) is 5.90. The van der Waals surface area contributed by atoms with Crippen LogP contribution in [0.2, 0.25) is 0 Å². The van der Waals surface area contributed by atoms with Gasteiger partial charge in [0, 0.05) is 10.0 Å². The molecular formula is C22H19BrN2O2. The second-order valence-corrected chi connectivity index (χ2v) is 6.86. The molecule has 0 atom stereocenters. The van der Waals surface area contributed by atoms with Crippen LogP contribution in [0.5, 0.6) is 5.75 Å². The minimum Gasteiger partial charge on any atom is -0.489 e. The molecule has 27 heavy (non-hydrogen) atoms. The van der Waals surface area contributed by atoms with Crippen LogP contribution in [0.3, 0.4) is 0 Å². The summed E-state index contributed by atoms with van der Waals surface area (Å²) in [6.45, 7) is 2.33. The van der Waals surface area contributed by atoms with Crippen molar-refractivity contribution in [1.82, 2.24) is 5.43 Å². The zero-order valence-corrected chi connectivity index (χ0v) is 16.4. The van der Waals surface area contributed by atoms with Crippen molar-refractivity contribution in [2.45, 2.75) is 13.5 Å². The van der Waals surface area contributed by atoms with Gasteiger partial charge in [-0.25, -0.2) is 5.43 Å². The third kappa shape index (κ3) is 5.53. The van der Waals surface area contributed by atoms with Crippen molar-refractivity contribution in [2.24, 2.45) is 5.10 Å². The number of amides is 1. The van der Waals surface area contributed by atoms with E-state index in [-0.39, 0.29) is 5.91 Å². The summed E-state index contributed by atoms with van der Waals surface area (Å²) < 4.78 is 6.78. The number of nitrogens with zero attached hydrogens (tertiary/aromatic N) is 1. The number of halogens is 1. The average Bonchev–Trinajstić information content (AvgIpc) is 2.72. The van der Waals surface area contributed by atoms with Crippen molar-refractivity contribution >= 4 is 27.5 Å². The minimum atomic E-state index is -0.259. The number of hydrogen-bond acceptors (Lipinski definition) is 3. The Morgan fingerprint density at radius 1 is 0.926 bits per heavy atom. The van der Waals surface area contributed by atoms with Gasteiger partial charge in [0.25, 0.3) is 5.91 Å². The molecule has 0 aromatic heterocycles. The summed E-state index contributed by atoms with van der Waals surface area (Å²) in [5.74, 6) is 0.447. The fraction of sp³-hybridized carbons (Fsp3) is 0.0909. The van der Waals surface area contributed by atoms with Crippen LogP contribution in [0.15, 0.2) is 88.4 Å². The Bertz CT molecular complexity index is 921. The first-order valence-corrected chi connectivity index (χ1v) is 9.28. The molecule has 0 fully saturated rings. The van der Waals surface area contributed by atoms with Gasteiger partial charge in [-0.1, -0.05) is 58.4 Å². The molecule has 0 saturated carbocycles. The lowest BCUT2D eigenvalue weighted by molar-refractivity contribution is 0.0955. The molecule has 0 aliphatic rings. The summed E-state index contributed by atoms with van der Waals surface area (Å²) >= 11 is 3.41. The number of carbonyl (C=O) groups excluding carboxylic acids is 1. The highest BCUT2D eigenvalue weighted by molar-refractivity contribution is 9.10. The van der Waals surface area contributed by atoms with Gasteiger partial charge in [0.1, 0.15) is 12.4 Å². The average molecular weight is 423 g/mol. The largest absolute Gasteiger partial charge is 0.489 e. The molecule has 1 N–H and O–H groups in total. The quantitative estimate of drug-likeness (QED) is 0.439. The Hall–Kier alpha value is -2.92. The lowest BCUT2D eigenvalue weighted by Gasteiger charge is -2.07. The molecule has 0 heterocycles. The third-order valence-corrected chi connectivity index (χ3v) is 4.48. The molecular weight excluding hydrogens is 404 g/mol. The Morgan fingerprint density at radius 2 is 1.59 bits per heavy atom. The van der Waals surface area contributed by atoms with Crippen LogP contribution in [-0.4, -0.2) is 11.6 Å². The van der Waals surface area contributed by atoms with Gasteiger partial charge in [0.05, 0.1) is 5.71 Å². The van der Waals surface area contributed by atoms with E-state index in [4.69, 9.17) is 4.74 Å². The number of hydrazone groups is 1. The molecule has 0 aliphatic carbocycles. The Labute approximate surface area is 167 Å². The van der Waals surface area contributed by atoms with Crippen molar-refractivity contribution in [3.8, 4) is 5.75 Å². The zero-order chi connectivity index (χ0) is 19.1. The van der Waals surface area contributed by atoms with Crippen LogP contribution in [0.1, 0.15) is 28.4 Å². The van der Waals surface area contributed by atoms with Crippen molar-refractivity contribution < 1.29 is 9.53 Å². The van der Waals surface area contributed by atoms with Gasteiger partial charge in [-0.15, -0.1) is 0 Å². The molecule has 4 nitrogen and oxygen atoms in total. The summed E-state index contributed by atoms with van der Waals surface area (Å²) in [6, 6.07) is 24.7. The van der Waals surface area contributed by atoms with Crippen LogP contribution in [0.4, 0.5) is 0 Å². The first kappa shape index (κ1) is 18.9. The molecule has 0 unspecified atom stereocenters. The van der Waals surface area contributed by atoms with Crippen molar-refractivity contribution in [3.63, 3.8) is 0 Å². The van der Waals surface area contributed by atoms with E-state index in [0.717, 1.165) is 21.3 Å². The van der Waals surface area contributed by atoms with Crippen LogP contribution < -0.4 is 10.2 Å². The minimum absolute atomic E-state index is 0.259. The summed E-state index contributed by atoms with van der Waals surface area (Å²) in [5, 5.41) is 4.16. The maximum Gasteiger partial charge on any atom is 0.271 e. The van der Waals surface area contributed by atoms with Gasteiger partial charge in [0.2, 0.25) is 0 Å². The van der Waals surface area contributed by atoms with Crippen molar-refractivity contribution in [3.05, 3.63) is 100 Å². The van der Waals surface area contributed by atoms with E-state index in [1.54, 1.807) is 24.3 Å². The van der Waals surface area contributed by atoms with Crippen molar-refractivity contribution in [2.75, 3.05) is 0 Å². The highest BCUT2D eigenvalue weighted by atomic mass is 79.9. The van der Waals surface area contributed by atoms with E-state index < -0.39 is 0 Å². The topological polar surface area (TPSA) is 50.7 Å². The third-order valence-electron chi connectivity index (χ3n) is 3.95. The predicted octanol–water partition coefficient (Wildman–Crippen LogP) is 5.18. The Balaban J connectivity index is 1.56. The second kappa shape index (κ2) is 9.14. The Morgan fingerprint density at radius 3 is 2.26 bits per heavy atom. The lowest BCUT2D eigenvalue weighted by Crippen LogP contribution is -2.19. The monoisotopic (exact) mass is 422 g/mol. The molecule has 1 amide bonds. The summed E-state index contributed by atoms with van der Waals surface area (Å²) in [7, 11) is 0. The first-order chi connectivity index (χ1) is 13.1. The normalized spacial score (nSPS) is 11.1. The number of carbonyl (C=O) groups is 1. The van der Waals surface area contributed by atoms with Crippen LogP contribution in [0, 0.1) is 0 Å². The zero-order valence-electron chi connectivity index (χ0n) is 14.9. The fourth-order valence-corrected chi connectivity index (χ4v) is 2.66. The molecule has 136 valence electrons. The summed E-state index contributed by atoms with van der Waals surface area (Å²) in [4.78, 5) is 12.2. The van der Waals surface area contributed by atoms with E-state index in [9.17, 15) is 4.79 Å². The molecule has 3 aromatic carbocycles.